The Labute approximate surface area is 95.8 Å². The molecule has 1 aromatic heterocycles. The molecule has 1 fully saturated rings. The standard InChI is InChI=1S/C14H18N2/c15-12-7-5-10(6-8-12)14-9-11-3-1-2-4-13(11)16-14/h1-4,9-10,12,16H,5-8,15H2. The Morgan fingerprint density at radius 1 is 1.06 bits per heavy atom. The van der Waals surface area contributed by atoms with Crippen molar-refractivity contribution < 1.29 is 0 Å². The molecule has 16 heavy (non-hydrogen) atoms. The molecule has 0 atom stereocenters. The van der Waals surface area contributed by atoms with Gasteiger partial charge >= 0.3 is 0 Å². The Balaban J connectivity index is 1.88. The summed E-state index contributed by atoms with van der Waals surface area (Å²) in [5.41, 5.74) is 8.59. The Hall–Kier alpha value is -1.28. The smallest absolute Gasteiger partial charge is 0.0456 e. The third kappa shape index (κ3) is 1.74. The minimum atomic E-state index is 0.431. The normalized spacial score (nSPS) is 26.1. The first-order valence-electron chi connectivity index (χ1n) is 6.16. The number of benzene rings is 1. The zero-order valence-electron chi connectivity index (χ0n) is 9.45. The van der Waals surface area contributed by atoms with Crippen LogP contribution in [0.3, 0.4) is 0 Å². The van der Waals surface area contributed by atoms with E-state index in [1.807, 2.05) is 0 Å². The Kier molecular flexibility index (Phi) is 2.44. The minimum Gasteiger partial charge on any atom is -0.358 e. The van der Waals surface area contributed by atoms with E-state index in [0.29, 0.717) is 12.0 Å². The van der Waals surface area contributed by atoms with E-state index in [4.69, 9.17) is 5.73 Å². The Morgan fingerprint density at radius 2 is 1.81 bits per heavy atom. The van der Waals surface area contributed by atoms with Gasteiger partial charge in [0.25, 0.3) is 0 Å². The van der Waals surface area contributed by atoms with Gasteiger partial charge in [-0.3, -0.25) is 0 Å². The molecule has 84 valence electrons. The van der Waals surface area contributed by atoms with Gasteiger partial charge in [-0.1, -0.05) is 18.2 Å². The number of nitrogens with one attached hydrogen (secondary N) is 1. The van der Waals surface area contributed by atoms with Crippen molar-refractivity contribution in [1.29, 1.82) is 0 Å². The highest BCUT2D eigenvalue weighted by molar-refractivity contribution is 5.80. The molecule has 2 heteroatoms. The second kappa shape index (κ2) is 3.95. The van der Waals surface area contributed by atoms with E-state index in [9.17, 15) is 0 Å². The van der Waals surface area contributed by atoms with Gasteiger partial charge in [-0.25, -0.2) is 0 Å². The van der Waals surface area contributed by atoms with Crippen molar-refractivity contribution in [3.63, 3.8) is 0 Å². The van der Waals surface area contributed by atoms with Crippen LogP contribution in [0.4, 0.5) is 0 Å². The average Bonchev–Trinajstić information content (AvgIpc) is 2.73. The van der Waals surface area contributed by atoms with E-state index in [0.717, 1.165) is 0 Å². The number of rotatable bonds is 1. The number of H-pyrrole nitrogens is 1. The number of aromatic nitrogens is 1. The highest BCUT2D eigenvalue weighted by atomic mass is 14.7. The molecule has 0 radical (unpaired) electrons. The number of hydrogen-bond donors (Lipinski definition) is 2. The van der Waals surface area contributed by atoms with Crippen molar-refractivity contribution in [2.45, 2.75) is 37.6 Å². The van der Waals surface area contributed by atoms with Crippen molar-refractivity contribution in [2.75, 3.05) is 0 Å². The molecule has 2 nitrogen and oxygen atoms in total. The molecule has 1 saturated carbocycles. The van der Waals surface area contributed by atoms with Gasteiger partial charge in [-0.15, -0.1) is 0 Å². The highest BCUT2D eigenvalue weighted by Gasteiger charge is 2.21. The molecule has 0 bridgehead atoms. The number of para-hydroxylation sites is 1. The van der Waals surface area contributed by atoms with Gasteiger partial charge in [0.05, 0.1) is 0 Å². The number of aromatic amines is 1. The topological polar surface area (TPSA) is 41.8 Å². The fourth-order valence-electron chi connectivity index (χ4n) is 2.75. The third-order valence-electron chi connectivity index (χ3n) is 3.76. The van der Waals surface area contributed by atoms with Gasteiger partial charge in [0.2, 0.25) is 0 Å². The van der Waals surface area contributed by atoms with Crippen molar-refractivity contribution in [1.82, 2.24) is 4.98 Å². The first kappa shape index (κ1) is 9.91. The minimum absolute atomic E-state index is 0.431. The van der Waals surface area contributed by atoms with E-state index in [-0.39, 0.29) is 0 Å². The van der Waals surface area contributed by atoms with Crippen LogP contribution in [0, 0.1) is 0 Å². The molecule has 1 aromatic carbocycles. The first-order chi connectivity index (χ1) is 7.83. The third-order valence-corrected chi connectivity index (χ3v) is 3.76. The molecule has 0 unspecified atom stereocenters. The molecule has 1 aliphatic rings. The summed E-state index contributed by atoms with van der Waals surface area (Å²) in [6, 6.07) is 11.2. The SMILES string of the molecule is NC1CCC(c2cc3ccccc3[nH]2)CC1. The largest absolute Gasteiger partial charge is 0.358 e. The maximum absolute atomic E-state index is 5.94. The van der Waals surface area contributed by atoms with Crippen molar-refractivity contribution >= 4 is 10.9 Å². The van der Waals surface area contributed by atoms with Crippen LogP contribution in [0.5, 0.6) is 0 Å². The molecule has 0 spiro atoms. The first-order valence-corrected chi connectivity index (χ1v) is 6.16. The summed E-state index contributed by atoms with van der Waals surface area (Å²) in [5.74, 6) is 0.687. The molecule has 1 aliphatic carbocycles. The summed E-state index contributed by atoms with van der Waals surface area (Å²) in [6.07, 6.45) is 4.79. The summed E-state index contributed by atoms with van der Waals surface area (Å²) in [7, 11) is 0. The molecule has 3 N–H and O–H groups in total. The highest BCUT2D eigenvalue weighted by Crippen LogP contribution is 2.33. The monoisotopic (exact) mass is 214 g/mol. The van der Waals surface area contributed by atoms with E-state index in [2.05, 4.69) is 35.3 Å². The van der Waals surface area contributed by atoms with Gasteiger partial charge < -0.3 is 10.7 Å². The predicted octanol–water partition coefficient (Wildman–Crippen LogP) is 3.15. The molecular formula is C14H18N2. The molecule has 0 aliphatic heterocycles. The molecule has 3 rings (SSSR count). The number of nitrogens with two attached hydrogens (primary N) is 1. The Morgan fingerprint density at radius 3 is 2.56 bits per heavy atom. The van der Waals surface area contributed by atoms with Crippen LogP contribution in [-0.2, 0) is 0 Å². The summed E-state index contributed by atoms with van der Waals surface area (Å²) in [6.45, 7) is 0. The molecular weight excluding hydrogens is 196 g/mol. The zero-order chi connectivity index (χ0) is 11.0. The summed E-state index contributed by atoms with van der Waals surface area (Å²) in [4.78, 5) is 3.54. The number of fused-ring (bicyclic) bond motifs is 1. The fourth-order valence-corrected chi connectivity index (χ4v) is 2.75. The van der Waals surface area contributed by atoms with Crippen molar-refractivity contribution in [2.24, 2.45) is 5.73 Å². The van der Waals surface area contributed by atoms with Crippen LogP contribution in [0.15, 0.2) is 30.3 Å². The van der Waals surface area contributed by atoms with Gasteiger partial charge in [0.1, 0.15) is 0 Å². The Bertz CT molecular complexity index is 445. The van der Waals surface area contributed by atoms with Crippen LogP contribution in [0.25, 0.3) is 10.9 Å². The lowest BCUT2D eigenvalue weighted by molar-refractivity contribution is 0.391. The van der Waals surface area contributed by atoms with Gasteiger partial charge in [0, 0.05) is 17.3 Å². The molecule has 1 heterocycles. The average molecular weight is 214 g/mol. The molecule has 0 amide bonds. The number of hydrogen-bond acceptors (Lipinski definition) is 1. The van der Waals surface area contributed by atoms with Crippen LogP contribution in [0.1, 0.15) is 37.3 Å². The van der Waals surface area contributed by atoms with Crippen molar-refractivity contribution in [3.8, 4) is 0 Å². The van der Waals surface area contributed by atoms with Crippen LogP contribution in [-0.4, -0.2) is 11.0 Å². The van der Waals surface area contributed by atoms with E-state index >= 15 is 0 Å². The molecule has 0 saturated heterocycles. The zero-order valence-corrected chi connectivity index (χ0v) is 9.45. The van der Waals surface area contributed by atoms with Crippen LogP contribution >= 0.6 is 0 Å². The summed E-state index contributed by atoms with van der Waals surface area (Å²) in [5, 5.41) is 1.33. The lowest BCUT2D eigenvalue weighted by Crippen LogP contribution is -2.25. The quantitative estimate of drug-likeness (QED) is 0.752. The maximum atomic E-state index is 5.94. The van der Waals surface area contributed by atoms with Gasteiger partial charge in [0.15, 0.2) is 0 Å². The van der Waals surface area contributed by atoms with E-state index in [1.165, 1.54) is 42.3 Å². The van der Waals surface area contributed by atoms with Gasteiger partial charge in [-0.05, 0) is 49.1 Å². The van der Waals surface area contributed by atoms with Crippen LogP contribution in [0.2, 0.25) is 0 Å². The van der Waals surface area contributed by atoms with E-state index in [1.54, 1.807) is 0 Å². The second-order valence-corrected chi connectivity index (χ2v) is 4.92. The molecule has 2 aromatic rings. The lowest BCUT2D eigenvalue weighted by Gasteiger charge is -2.25. The summed E-state index contributed by atoms with van der Waals surface area (Å²) < 4.78 is 0. The maximum Gasteiger partial charge on any atom is 0.0456 e. The van der Waals surface area contributed by atoms with E-state index < -0.39 is 0 Å². The fraction of sp³-hybridized carbons (Fsp3) is 0.429. The predicted molar refractivity (Wildman–Crippen MR) is 67.5 cm³/mol. The van der Waals surface area contributed by atoms with Crippen molar-refractivity contribution in [3.05, 3.63) is 36.0 Å². The summed E-state index contributed by atoms with van der Waals surface area (Å²) >= 11 is 0. The van der Waals surface area contributed by atoms with Gasteiger partial charge in [-0.2, -0.15) is 0 Å². The lowest BCUT2D eigenvalue weighted by atomic mass is 9.84. The van der Waals surface area contributed by atoms with Crippen LogP contribution < -0.4 is 5.73 Å². The second-order valence-electron chi connectivity index (χ2n) is 4.92.